The molecule has 9 nitrogen and oxygen atoms in total. The van der Waals surface area contributed by atoms with E-state index in [0.29, 0.717) is 49.2 Å². The molecule has 1 unspecified atom stereocenters. The van der Waals surface area contributed by atoms with Gasteiger partial charge in [0.1, 0.15) is 10.6 Å². The van der Waals surface area contributed by atoms with Crippen molar-refractivity contribution in [1.29, 1.82) is 0 Å². The van der Waals surface area contributed by atoms with Gasteiger partial charge in [0.15, 0.2) is 5.76 Å². The Morgan fingerprint density at radius 3 is 2.47 bits per heavy atom. The molecule has 2 aromatic heterocycles. The van der Waals surface area contributed by atoms with Crippen LogP contribution >= 0.6 is 0 Å². The van der Waals surface area contributed by atoms with Gasteiger partial charge in [-0.3, -0.25) is 4.90 Å². The first-order valence-electron chi connectivity index (χ1n) is 9.94. The zero-order valence-electron chi connectivity index (χ0n) is 17.3. The van der Waals surface area contributed by atoms with E-state index in [2.05, 4.69) is 20.2 Å². The predicted molar refractivity (Wildman–Crippen MR) is 109 cm³/mol. The average Bonchev–Trinajstić information content (AvgIpc) is 3.27. The summed E-state index contributed by atoms with van der Waals surface area (Å²) in [5.74, 6) is 1.40. The smallest absolute Gasteiger partial charge is 0.248 e. The van der Waals surface area contributed by atoms with E-state index in [9.17, 15) is 8.42 Å². The van der Waals surface area contributed by atoms with Crippen molar-refractivity contribution in [2.45, 2.75) is 38.1 Å². The highest BCUT2D eigenvalue weighted by molar-refractivity contribution is 7.89. The van der Waals surface area contributed by atoms with Crippen molar-refractivity contribution in [1.82, 2.24) is 24.5 Å². The third-order valence-corrected chi connectivity index (χ3v) is 7.58. The molecule has 1 atom stereocenters. The van der Waals surface area contributed by atoms with Crippen molar-refractivity contribution in [3.8, 4) is 11.4 Å². The van der Waals surface area contributed by atoms with Crippen molar-refractivity contribution < 1.29 is 17.5 Å². The van der Waals surface area contributed by atoms with Crippen LogP contribution in [0.2, 0.25) is 0 Å². The predicted octanol–water partition coefficient (Wildman–Crippen LogP) is 2.80. The second-order valence-electron chi connectivity index (χ2n) is 7.45. The first kappa shape index (κ1) is 20.7. The number of benzene rings is 1. The van der Waals surface area contributed by atoms with E-state index in [0.717, 1.165) is 12.1 Å². The largest absolute Gasteiger partial charge is 0.360 e. The van der Waals surface area contributed by atoms with Crippen LogP contribution in [0.4, 0.5) is 0 Å². The van der Waals surface area contributed by atoms with Crippen LogP contribution in [0, 0.1) is 13.8 Å². The fourth-order valence-corrected chi connectivity index (χ4v) is 5.54. The van der Waals surface area contributed by atoms with Crippen LogP contribution in [0.15, 0.2) is 44.3 Å². The third-order valence-electron chi connectivity index (χ3n) is 5.43. The number of aromatic nitrogens is 3. The number of hydrogen-bond donors (Lipinski definition) is 0. The van der Waals surface area contributed by atoms with Crippen molar-refractivity contribution in [2.24, 2.45) is 0 Å². The van der Waals surface area contributed by atoms with Gasteiger partial charge in [0.2, 0.25) is 21.7 Å². The number of aryl methyl sites for hydroxylation is 2. The number of hydrogen-bond acceptors (Lipinski definition) is 8. The molecule has 1 aliphatic heterocycles. The summed E-state index contributed by atoms with van der Waals surface area (Å²) in [6, 6.07) is 9.55. The molecule has 0 amide bonds. The lowest BCUT2D eigenvalue weighted by Gasteiger charge is -2.25. The fraction of sp³-hybridized carbons (Fsp3) is 0.450. The molecule has 1 saturated heterocycles. The van der Waals surface area contributed by atoms with Crippen LogP contribution in [-0.4, -0.2) is 59.1 Å². The Morgan fingerprint density at radius 1 is 1.00 bits per heavy atom. The van der Waals surface area contributed by atoms with Gasteiger partial charge >= 0.3 is 0 Å². The van der Waals surface area contributed by atoms with Crippen LogP contribution in [0.1, 0.15) is 36.7 Å². The van der Waals surface area contributed by atoms with Gasteiger partial charge < -0.3 is 9.05 Å². The second kappa shape index (κ2) is 8.29. The molecule has 0 aliphatic carbocycles. The molecule has 160 valence electrons. The first-order valence-corrected chi connectivity index (χ1v) is 11.4. The summed E-state index contributed by atoms with van der Waals surface area (Å²) in [6.07, 6.45) is 0.701. The number of nitrogens with zero attached hydrogens (tertiary/aromatic N) is 5. The average molecular weight is 432 g/mol. The molecule has 4 rings (SSSR count). The summed E-state index contributed by atoms with van der Waals surface area (Å²) in [5.41, 5.74) is 1.29. The van der Waals surface area contributed by atoms with Gasteiger partial charge in [-0.1, -0.05) is 40.6 Å². The Bertz CT molecular complexity index is 1090. The van der Waals surface area contributed by atoms with E-state index in [1.807, 2.05) is 37.3 Å². The highest BCUT2D eigenvalue weighted by Crippen LogP contribution is 2.27. The van der Waals surface area contributed by atoms with E-state index in [1.165, 1.54) is 4.31 Å². The van der Waals surface area contributed by atoms with Crippen LogP contribution in [0.3, 0.4) is 0 Å². The van der Waals surface area contributed by atoms with E-state index in [4.69, 9.17) is 9.05 Å². The zero-order chi connectivity index (χ0) is 21.3. The lowest BCUT2D eigenvalue weighted by molar-refractivity contribution is 0.181. The van der Waals surface area contributed by atoms with Crippen molar-refractivity contribution >= 4 is 10.0 Å². The van der Waals surface area contributed by atoms with Crippen molar-refractivity contribution in [2.75, 3.05) is 26.2 Å². The third kappa shape index (κ3) is 3.90. The van der Waals surface area contributed by atoms with Crippen LogP contribution in [0.25, 0.3) is 11.4 Å². The molecule has 0 saturated carbocycles. The molecular formula is C20H25N5O4S. The maximum absolute atomic E-state index is 13.1. The van der Waals surface area contributed by atoms with Gasteiger partial charge in [0.25, 0.3) is 0 Å². The molecule has 1 fully saturated rings. The van der Waals surface area contributed by atoms with Crippen molar-refractivity contribution in [3.05, 3.63) is 47.7 Å². The lowest BCUT2D eigenvalue weighted by Crippen LogP contribution is -2.36. The number of sulfonamides is 1. The normalized spacial score (nSPS) is 17.7. The monoisotopic (exact) mass is 431 g/mol. The topological polar surface area (TPSA) is 106 Å². The first-order chi connectivity index (χ1) is 14.4. The summed E-state index contributed by atoms with van der Waals surface area (Å²) >= 11 is 0. The summed E-state index contributed by atoms with van der Waals surface area (Å²) in [6.45, 7) is 7.38. The Labute approximate surface area is 175 Å². The Kier molecular flexibility index (Phi) is 5.72. The van der Waals surface area contributed by atoms with E-state index in [1.54, 1.807) is 13.8 Å². The Balaban J connectivity index is 1.47. The van der Waals surface area contributed by atoms with Crippen molar-refractivity contribution in [3.63, 3.8) is 0 Å². The molecule has 0 N–H and O–H groups in total. The molecule has 0 bridgehead atoms. The van der Waals surface area contributed by atoms with Gasteiger partial charge in [-0.05, 0) is 27.2 Å². The van der Waals surface area contributed by atoms with Gasteiger partial charge in [-0.2, -0.15) is 9.29 Å². The molecular weight excluding hydrogens is 406 g/mol. The van der Waals surface area contributed by atoms with Crippen LogP contribution in [0.5, 0.6) is 0 Å². The maximum atomic E-state index is 13.1. The van der Waals surface area contributed by atoms with E-state index < -0.39 is 10.0 Å². The molecule has 1 aliphatic rings. The zero-order valence-corrected chi connectivity index (χ0v) is 18.1. The van der Waals surface area contributed by atoms with Gasteiger partial charge in [0, 0.05) is 31.7 Å². The highest BCUT2D eigenvalue weighted by Gasteiger charge is 2.33. The van der Waals surface area contributed by atoms with Crippen LogP contribution in [-0.2, 0) is 10.0 Å². The SMILES string of the molecule is Cc1noc(C)c1S(=O)(=O)N1CCCN(C(C)c2nc(-c3ccccc3)no2)CC1. The molecule has 3 heterocycles. The van der Waals surface area contributed by atoms with E-state index in [-0.39, 0.29) is 10.9 Å². The summed E-state index contributed by atoms with van der Waals surface area (Å²) in [4.78, 5) is 6.89. The number of rotatable bonds is 5. The molecule has 30 heavy (non-hydrogen) atoms. The molecule has 10 heteroatoms. The fourth-order valence-electron chi connectivity index (χ4n) is 3.78. The maximum Gasteiger partial charge on any atom is 0.248 e. The van der Waals surface area contributed by atoms with Crippen LogP contribution < -0.4 is 0 Å². The molecule has 1 aromatic carbocycles. The van der Waals surface area contributed by atoms with Gasteiger partial charge in [0.05, 0.1) is 6.04 Å². The molecule has 0 spiro atoms. The highest BCUT2D eigenvalue weighted by atomic mass is 32.2. The summed E-state index contributed by atoms with van der Waals surface area (Å²) in [5, 5.41) is 7.89. The van der Waals surface area contributed by atoms with Gasteiger partial charge in [-0.15, -0.1) is 0 Å². The Morgan fingerprint density at radius 2 is 1.77 bits per heavy atom. The lowest BCUT2D eigenvalue weighted by atomic mass is 10.2. The minimum absolute atomic E-state index is 0.114. The molecule has 0 radical (unpaired) electrons. The second-order valence-corrected chi connectivity index (χ2v) is 9.32. The Hall–Kier alpha value is -2.56. The molecule has 3 aromatic rings. The summed E-state index contributed by atoms with van der Waals surface area (Å²) < 4.78 is 38.3. The summed E-state index contributed by atoms with van der Waals surface area (Å²) in [7, 11) is -3.65. The quantitative estimate of drug-likeness (QED) is 0.607. The minimum atomic E-state index is -3.65. The van der Waals surface area contributed by atoms with E-state index >= 15 is 0 Å². The standard InChI is InChI=1S/C20H25N5O4S/c1-14-18(16(3)28-22-14)30(26,27)25-11-7-10-24(12-13-25)15(2)20-21-19(23-29-20)17-8-5-4-6-9-17/h4-6,8-9,15H,7,10-13H2,1-3H3. The van der Waals surface area contributed by atoms with Gasteiger partial charge in [-0.25, -0.2) is 8.42 Å². The minimum Gasteiger partial charge on any atom is -0.360 e.